The van der Waals surface area contributed by atoms with Crippen LogP contribution < -0.4 is 0 Å². The molecular weight excluding hydrogens is 178 g/mol. The average Bonchev–Trinajstić information content (AvgIpc) is 2.03. The van der Waals surface area contributed by atoms with Crippen LogP contribution in [0.5, 0.6) is 0 Å². The number of hydrogen-bond donors (Lipinski definition) is 1. The van der Waals surface area contributed by atoms with Gasteiger partial charge in [-0.15, -0.1) is 11.6 Å². The maximum atomic E-state index is 11.3. The third kappa shape index (κ3) is 2.35. The molecule has 70 valence electrons. The molecule has 0 radical (unpaired) electrons. The molecule has 3 nitrogen and oxygen atoms in total. The Hall–Kier alpha value is -0.280. The summed E-state index contributed by atoms with van der Waals surface area (Å²) in [6.45, 7) is 2.83. The third-order valence-electron chi connectivity index (χ3n) is 2.05. The van der Waals surface area contributed by atoms with Crippen molar-refractivity contribution in [1.29, 1.82) is 0 Å². The number of aliphatic hydroxyl groups excluding tert-OH is 1. The molecule has 1 N–H and O–H groups in total. The summed E-state index contributed by atoms with van der Waals surface area (Å²) in [5.74, 6) is -0.0737. The molecule has 1 aliphatic rings. The first kappa shape index (κ1) is 9.81. The number of halogens is 1. The van der Waals surface area contributed by atoms with Crippen LogP contribution in [0.25, 0.3) is 0 Å². The molecule has 1 fully saturated rings. The minimum atomic E-state index is -0.477. The number of piperidine rings is 1. The Morgan fingerprint density at radius 2 is 2.42 bits per heavy atom. The standard InChI is InChI=1S/C8H14ClNO2/c1-6(9)8(12)10-4-2-3-7(11)5-10/h6-7,11H,2-5H2,1H3/t6?,7-/m0/s1. The summed E-state index contributed by atoms with van der Waals surface area (Å²) >= 11 is 5.64. The molecule has 4 heteroatoms. The van der Waals surface area contributed by atoms with Gasteiger partial charge in [0.2, 0.25) is 5.91 Å². The maximum Gasteiger partial charge on any atom is 0.240 e. The van der Waals surface area contributed by atoms with Gasteiger partial charge in [-0.05, 0) is 19.8 Å². The largest absolute Gasteiger partial charge is 0.391 e. The fraction of sp³-hybridized carbons (Fsp3) is 0.875. The van der Waals surface area contributed by atoms with E-state index >= 15 is 0 Å². The van der Waals surface area contributed by atoms with Gasteiger partial charge in [0.05, 0.1) is 6.10 Å². The molecule has 1 rings (SSSR count). The number of carbonyl (C=O) groups is 1. The van der Waals surface area contributed by atoms with Crippen molar-refractivity contribution in [2.24, 2.45) is 0 Å². The van der Waals surface area contributed by atoms with Crippen LogP contribution in [-0.2, 0) is 4.79 Å². The molecule has 0 saturated carbocycles. The van der Waals surface area contributed by atoms with Crippen LogP contribution in [0.15, 0.2) is 0 Å². The predicted octanol–water partition coefficient (Wildman–Crippen LogP) is 0.597. The summed E-state index contributed by atoms with van der Waals surface area (Å²) < 4.78 is 0. The lowest BCUT2D eigenvalue weighted by molar-refractivity contribution is -0.133. The minimum Gasteiger partial charge on any atom is -0.391 e. The van der Waals surface area contributed by atoms with Crippen LogP contribution in [0.1, 0.15) is 19.8 Å². The highest BCUT2D eigenvalue weighted by atomic mass is 35.5. The second kappa shape index (κ2) is 4.10. The zero-order chi connectivity index (χ0) is 9.14. The lowest BCUT2D eigenvalue weighted by atomic mass is 10.1. The Morgan fingerprint density at radius 1 is 1.75 bits per heavy atom. The van der Waals surface area contributed by atoms with Crippen molar-refractivity contribution in [2.75, 3.05) is 13.1 Å². The lowest BCUT2D eigenvalue weighted by Crippen LogP contribution is -2.44. The van der Waals surface area contributed by atoms with Gasteiger partial charge < -0.3 is 10.0 Å². The first-order valence-corrected chi connectivity index (χ1v) is 4.66. The van der Waals surface area contributed by atoms with E-state index in [1.165, 1.54) is 0 Å². The zero-order valence-corrected chi connectivity index (χ0v) is 7.92. The number of aliphatic hydroxyl groups is 1. The number of carbonyl (C=O) groups excluding carboxylic acids is 1. The fourth-order valence-corrected chi connectivity index (χ4v) is 1.54. The van der Waals surface area contributed by atoms with E-state index in [9.17, 15) is 9.90 Å². The van der Waals surface area contributed by atoms with Crippen LogP contribution in [0.3, 0.4) is 0 Å². The molecule has 1 heterocycles. The van der Waals surface area contributed by atoms with Gasteiger partial charge in [-0.25, -0.2) is 0 Å². The fourth-order valence-electron chi connectivity index (χ4n) is 1.41. The van der Waals surface area contributed by atoms with Gasteiger partial charge in [0, 0.05) is 13.1 Å². The number of nitrogens with zero attached hydrogens (tertiary/aromatic N) is 1. The highest BCUT2D eigenvalue weighted by Gasteiger charge is 2.24. The van der Waals surface area contributed by atoms with Crippen LogP contribution >= 0.6 is 11.6 Å². The van der Waals surface area contributed by atoms with E-state index < -0.39 is 5.38 Å². The quantitative estimate of drug-likeness (QED) is 0.617. The summed E-state index contributed by atoms with van der Waals surface area (Å²) in [7, 11) is 0. The van der Waals surface area contributed by atoms with Crippen molar-refractivity contribution in [3.8, 4) is 0 Å². The highest BCUT2D eigenvalue weighted by molar-refractivity contribution is 6.30. The van der Waals surface area contributed by atoms with Crippen molar-refractivity contribution in [3.63, 3.8) is 0 Å². The minimum absolute atomic E-state index is 0.0737. The molecule has 0 aromatic rings. The van der Waals surface area contributed by atoms with E-state index in [0.29, 0.717) is 6.54 Å². The van der Waals surface area contributed by atoms with Crippen LogP contribution in [0.2, 0.25) is 0 Å². The van der Waals surface area contributed by atoms with Crippen molar-refractivity contribution in [1.82, 2.24) is 4.90 Å². The topological polar surface area (TPSA) is 40.5 Å². The SMILES string of the molecule is CC(Cl)C(=O)N1CCC[C@H](O)C1. The van der Waals surface area contributed by atoms with E-state index in [4.69, 9.17) is 11.6 Å². The van der Waals surface area contributed by atoms with Crippen molar-refractivity contribution in [2.45, 2.75) is 31.2 Å². The van der Waals surface area contributed by atoms with Crippen LogP contribution in [-0.4, -0.2) is 40.5 Å². The van der Waals surface area contributed by atoms with Crippen LogP contribution in [0, 0.1) is 0 Å². The Morgan fingerprint density at radius 3 is 2.92 bits per heavy atom. The number of alkyl halides is 1. The van der Waals surface area contributed by atoms with Gasteiger partial charge in [0.15, 0.2) is 0 Å². The van der Waals surface area contributed by atoms with Gasteiger partial charge in [-0.3, -0.25) is 4.79 Å². The van der Waals surface area contributed by atoms with Crippen molar-refractivity contribution in [3.05, 3.63) is 0 Å². The maximum absolute atomic E-state index is 11.3. The second-order valence-electron chi connectivity index (χ2n) is 3.20. The zero-order valence-electron chi connectivity index (χ0n) is 7.16. The van der Waals surface area contributed by atoms with E-state index in [0.717, 1.165) is 19.4 Å². The molecule has 1 unspecified atom stereocenters. The Bertz CT molecular complexity index is 172. The van der Waals surface area contributed by atoms with Gasteiger partial charge in [-0.1, -0.05) is 0 Å². The van der Waals surface area contributed by atoms with Gasteiger partial charge >= 0.3 is 0 Å². The van der Waals surface area contributed by atoms with Crippen LogP contribution in [0.4, 0.5) is 0 Å². The van der Waals surface area contributed by atoms with E-state index in [-0.39, 0.29) is 12.0 Å². The van der Waals surface area contributed by atoms with E-state index in [2.05, 4.69) is 0 Å². The number of amides is 1. The van der Waals surface area contributed by atoms with Gasteiger partial charge in [0.25, 0.3) is 0 Å². The average molecular weight is 192 g/mol. The van der Waals surface area contributed by atoms with Crippen molar-refractivity contribution < 1.29 is 9.90 Å². The summed E-state index contributed by atoms with van der Waals surface area (Å²) in [5, 5.41) is 8.80. The molecular formula is C8H14ClNO2. The molecule has 0 aromatic heterocycles. The molecule has 0 spiro atoms. The summed E-state index contributed by atoms with van der Waals surface area (Å²) in [5.41, 5.74) is 0. The van der Waals surface area contributed by atoms with E-state index in [1.54, 1.807) is 11.8 Å². The van der Waals surface area contributed by atoms with E-state index in [1.807, 2.05) is 0 Å². The molecule has 1 amide bonds. The summed E-state index contributed by atoms with van der Waals surface area (Å²) in [4.78, 5) is 13.0. The third-order valence-corrected chi connectivity index (χ3v) is 2.24. The number of likely N-dealkylation sites (tertiary alicyclic amines) is 1. The number of β-amino-alcohol motifs (C(OH)–C–C–N with tert-alkyl or cyclic N) is 1. The molecule has 1 saturated heterocycles. The molecule has 0 aliphatic carbocycles. The smallest absolute Gasteiger partial charge is 0.240 e. The monoisotopic (exact) mass is 191 g/mol. The summed E-state index contributed by atoms with van der Waals surface area (Å²) in [6.07, 6.45) is 1.30. The molecule has 0 aromatic carbocycles. The number of hydrogen-bond acceptors (Lipinski definition) is 2. The molecule has 1 aliphatic heterocycles. The molecule has 0 bridgehead atoms. The van der Waals surface area contributed by atoms with Crippen molar-refractivity contribution >= 4 is 17.5 Å². The first-order chi connectivity index (χ1) is 5.61. The Labute approximate surface area is 77.3 Å². The second-order valence-corrected chi connectivity index (χ2v) is 3.85. The normalized spacial score (nSPS) is 26.9. The van der Waals surface area contributed by atoms with Gasteiger partial charge in [0.1, 0.15) is 5.38 Å². The predicted molar refractivity (Wildman–Crippen MR) is 47.1 cm³/mol. The lowest BCUT2D eigenvalue weighted by Gasteiger charge is -2.30. The number of rotatable bonds is 1. The summed E-state index contributed by atoms with van der Waals surface area (Å²) in [6, 6.07) is 0. The highest BCUT2D eigenvalue weighted by Crippen LogP contribution is 2.12. The van der Waals surface area contributed by atoms with Gasteiger partial charge in [-0.2, -0.15) is 0 Å². The Kier molecular flexibility index (Phi) is 3.35. The molecule has 2 atom stereocenters. The Balaban J connectivity index is 2.46. The molecule has 12 heavy (non-hydrogen) atoms. The first-order valence-electron chi connectivity index (χ1n) is 4.22.